The molecule has 1 heterocycles. The minimum atomic E-state index is -3.63. The smallest absolute Gasteiger partial charge is 0.319 e. The van der Waals surface area contributed by atoms with Gasteiger partial charge < -0.3 is 19.9 Å². The zero-order valence-corrected chi connectivity index (χ0v) is 16.0. The fraction of sp³-hybridized carbons (Fsp3) is 0.375. The number of benzene rings is 1. The van der Waals surface area contributed by atoms with E-state index in [0.29, 0.717) is 12.4 Å². The van der Waals surface area contributed by atoms with Crippen LogP contribution in [0.5, 0.6) is 5.75 Å². The Bertz CT molecular complexity index is 877. The van der Waals surface area contributed by atoms with Crippen LogP contribution in [-0.4, -0.2) is 49.0 Å². The maximum atomic E-state index is 12.3. The number of anilines is 1. The first-order valence-electron chi connectivity index (χ1n) is 7.95. The molecule has 2 aromatic rings. The standard InChI is InChI=1S/C16H23N5O4S/c1-5-25-15-7-6-13(26(23,24)20(2)3)8-14(15)19-16(22)18-10-12-9-17-11-21(12)4/h6-9,11H,5,10H2,1-4H3,(H2,18,19,22). The molecule has 26 heavy (non-hydrogen) atoms. The minimum Gasteiger partial charge on any atom is -0.492 e. The second-order valence-electron chi connectivity index (χ2n) is 5.68. The quantitative estimate of drug-likeness (QED) is 0.754. The number of nitrogens with one attached hydrogen (secondary N) is 2. The van der Waals surface area contributed by atoms with Crippen molar-refractivity contribution in [1.82, 2.24) is 19.2 Å². The zero-order chi connectivity index (χ0) is 19.3. The Kier molecular flexibility index (Phi) is 6.22. The molecule has 2 rings (SSSR count). The lowest BCUT2D eigenvalue weighted by molar-refractivity contribution is 0.251. The summed E-state index contributed by atoms with van der Waals surface area (Å²) in [4.78, 5) is 16.2. The molecule has 9 nitrogen and oxygen atoms in total. The number of amides is 2. The Hall–Kier alpha value is -2.59. The third-order valence-corrected chi connectivity index (χ3v) is 5.44. The molecular weight excluding hydrogens is 358 g/mol. The molecule has 0 saturated carbocycles. The largest absolute Gasteiger partial charge is 0.492 e. The van der Waals surface area contributed by atoms with E-state index in [2.05, 4.69) is 15.6 Å². The Morgan fingerprint density at radius 2 is 2.08 bits per heavy atom. The van der Waals surface area contributed by atoms with Crippen LogP contribution in [-0.2, 0) is 23.6 Å². The van der Waals surface area contributed by atoms with Crippen LogP contribution in [0.3, 0.4) is 0 Å². The lowest BCUT2D eigenvalue weighted by atomic mass is 10.3. The first kappa shape index (κ1) is 19.7. The third kappa shape index (κ3) is 4.52. The molecule has 2 N–H and O–H groups in total. The normalized spacial score (nSPS) is 11.4. The number of nitrogens with zero attached hydrogens (tertiary/aromatic N) is 3. The van der Waals surface area contributed by atoms with Crippen LogP contribution in [0.1, 0.15) is 12.6 Å². The second-order valence-corrected chi connectivity index (χ2v) is 7.83. The fourth-order valence-electron chi connectivity index (χ4n) is 2.15. The number of aryl methyl sites for hydroxylation is 1. The average molecular weight is 381 g/mol. The van der Waals surface area contributed by atoms with E-state index in [1.165, 1.54) is 32.3 Å². The van der Waals surface area contributed by atoms with Gasteiger partial charge in [0.05, 0.1) is 35.8 Å². The van der Waals surface area contributed by atoms with Gasteiger partial charge in [0.25, 0.3) is 0 Å². The Morgan fingerprint density at radius 1 is 1.35 bits per heavy atom. The van der Waals surface area contributed by atoms with E-state index < -0.39 is 16.1 Å². The van der Waals surface area contributed by atoms with Crippen molar-refractivity contribution in [3.8, 4) is 5.75 Å². The average Bonchev–Trinajstić information content (AvgIpc) is 2.99. The monoisotopic (exact) mass is 381 g/mol. The highest BCUT2D eigenvalue weighted by Gasteiger charge is 2.20. The van der Waals surface area contributed by atoms with Crippen molar-refractivity contribution in [3.05, 3.63) is 36.4 Å². The number of sulfonamides is 1. The Morgan fingerprint density at radius 3 is 2.65 bits per heavy atom. The number of aromatic nitrogens is 2. The van der Waals surface area contributed by atoms with Crippen LogP contribution >= 0.6 is 0 Å². The number of rotatable bonds is 7. The van der Waals surface area contributed by atoms with E-state index in [9.17, 15) is 13.2 Å². The molecule has 2 amide bonds. The summed E-state index contributed by atoms with van der Waals surface area (Å²) < 4.78 is 33.0. The first-order valence-corrected chi connectivity index (χ1v) is 9.39. The number of urea groups is 1. The van der Waals surface area contributed by atoms with E-state index in [0.717, 1.165) is 10.00 Å². The number of ether oxygens (including phenoxy) is 1. The van der Waals surface area contributed by atoms with Gasteiger partial charge in [0.15, 0.2) is 0 Å². The van der Waals surface area contributed by atoms with Crippen LogP contribution < -0.4 is 15.4 Å². The predicted molar refractivity (Wildman–Crippen MR) is 97.6 cm³/mol. The molecule has 0 aliphatic carbocycles. The van der Waals surface area contributed by atoms with Gasteiger partial charge in [-0.3, -0.25) is 0 Å². The van der Waals surface area contributed by atoms with Crippen molar-refractivity contribution < 1.29 is 17.9 Å². The summed E-state index contributed by atoms with van der Waals surface area (Å²) in [6, 6.07) is 3.87. The molecule has 0 atom stereocenters. The molecule has 0 saturated heterocycles. The highest BCUT2D eigenvalue weighted by Crippen LogP contribution is 2.28. The molecule has 0 fully saturated rings. The van der Waals surface area contributed by atoms with E-state index in [4.69, 9.17) is 4.74 Å². The van der Waals surface area contributed by atoms with E-state index >= 15 is 0 Å². The number of carbonyl (C=O) groups excluding carboxylic acids is 1. The van der Waals surface area contributed by atoms with Crippen LogP contribution in [0.15, 0.2) is 35.6 Å². The van der Waals surface area contributed by atoms with Gasteiger partial charge in [-0.1, -0.05) is 0 Å². The van der Waals surface area contributed by atoms with Gasteiger partial charge in [-0.2, -0.15) is 0 Å². The van der Waals surface area contributed by atoms with Crippen molar-refractivity contribution in [3.63, 3.8) is 0 Å². The lowest BCUT2D eigenvalue weighted by Crippen LogP contribution is -2.29. The number of carbonyl (C=O) groups is 1. The third-order valence-electron chi connectivity index (χ3n) is 3.62. The molecular formula is C16H23N5O4S. The number of hydrogen-bond donors (Lipinski definition) is 2. The summed E-state index contributed by atoms with van der Waals surface area (Å²) in [5.41, 5.74) is 1.10. The van der Waals surface area contributed by atoms with Gasteiger partial charge in [-0.05, 0) is 25.1 Å². The molecule has 0 aliphatic rings. The molecule has 0 unspecified atom stereocenters. The molecule has 0 aliphatic heterocycles. The molecule has 0 radical (unpaired) electrons. The lowest BCUT2D eigenvalue weighted by Gasteiger charge is -2.16. The molecule has 0 bridgehead atoms. The summed E-state index contributed by atoms with van der Waals surface area (Å²) >= 11 is 0. The predicted octanol–water partition coefficient (Wildman–Crippen LogP) is 1.39. The van der Waals surface area contributed by atoms with Gasteiger partial charge in [-0.25, -0.2) is 22.5 Å². The molecule has 10 heteroatoms. The molecule has 0 spiro atoms. The second kappa shape index (κ2) is 8.19. The van der Waals surface area contributed by atoms with Crippen LogP contribution in [0.2, 0.25) is 0 Å². The maximum absolute atomic E-state index is 12.3. The number of imidazole rings is 1. The van der Waals surface area contributed by atoms with Crippen molar-refractivity contribution >= 4 is 21.7 Å². The van der Waals surface area contributed by atoms with Crippen LogP contribution in [0.25, 0.3) is 0 Å². The highest BCUT2D eigenvalue weighted by molar-refractivity contribution is 7.89. The Balaban J connectivity index is 2.19. The van der Waals surface area contributed by atoms with Crippen LogP contribution in [0, 0.1) is 0 Å². The zero-order valence-electron chi connectivity index (χ0n) is 15.2. The summed E-state index contributed by atoms with van der Waals surface area (Å²) in [6.45, 7) is 2.46. The van der Waals surface area contributed by atoms with Gasteiger partial charge in [0.1, 0.15) is 5.75 Å². The minimum absolute atomic E-state index is 0.0629. The summed E-state index contributed by atoms with van der Waals surface area (Å²) in [7, 11) is 1.09. The summed E-state index contributed by atoms with van der Waals surface area (Å²) in [5.74, 6) is 0.390. The van der Waals surface area contributed by atoms with E-state index in [-0.39, 0.29) is 17.1 Å². The first-order chi connectivity index (χ1) is 12.3. The van der Waals surface area contributed by atoms with Gasteiger partial charge >= 0.3 is 6.03 Å². The summed E-state index contributed by atoms with van der Waals surface area (Å²) in [5, 5.41) is 5.34. The topological polar surface area (TPSA) is 106 Å². The van der Waals surface area contributed by atoms with Crippen molar-refractivity contribution in [2.75, 3.05) is 26.0 Å². The highest BCUT2D eigenvalue weighted by atomic mass is 32.2. The maximum Gasteiger partial charge on any atom is 0.319 e. The van der Waals surface area contributed by atoms with Crippen LogP contribution in [0.4, 0.5) is 10.5 Å². The van der Waals surface area contributed by atoms with Gasteiger partial charge in [-0.15, -0.1) is 0 Å². The summed E-state index contributed by atoms with van der Waals surface area (Å²) in [6.07, 6.45) is 3.29. The molecule has 142 valence electrons. The van der Waals surface area contributed by atoms with Gasteiger partial charge in [0.2, 0.25) is 10.0 Å². The Labute approximate surface area is 153 Å². The fourth-order valence-corrected chi connectivity index (χ4v) is 3.08. The molecule has 1 aromatic heterocycles. The molecule has 1 aromatic carbocycles. The van der Waals surface area contributed by atoms with Crippen molar-refractivity contribution in [2.24, 2.45) is 7.05 Å². The SMILES string of the molecule is CCOc1ccc(S(=O)(=O)N(C)C)cc1NC(=O)NCc1cncn1C. The number of hydrogen-bond acceptors (Lipinski definition) is 5. The van der Waals surface area contributed by atoms with Crippen molar-refractivity contribution in [2.45, 2.75) is 18.4 Å². The van der Waals surface area contributed by atoms with E-state index in [1.807, 2.05) is 7.05 Å². The van der Waals surface area contributed by atoms with E-state index in [1.54, 1.807) is 24.0 Å². The van der Waals surface area contributed by atoms with Crippen molar-refractivity contribution in [1.29, 1.82) is 0 Å². The van der Waals surface area contributed by atoms with Gasteiger partial charge in [0, 0.05) is 27.3 Å².